The van der Waals surface area contributed by atoms with Crippen molar-refractivity contribution < 1.29 is 9.15 Å². The Kier molecular flexibility index (Phi) is 2.29. The number of nitrogens with one attached hydrogen (secondary N) is 1. The van der Waals surface area contributed by atoms with Crippen molar-refractivity contribution in [3.63, 3.8) is 0 Å². The number of aromatic nitrogens is 1. The van der Waals surface area contributed by atoms with E-state index in [1.54, 1.807) is 7.11 Å². The Balaban J connectivity index is 2.12. The van der Waals surface area contributed by atoms with Gasteiger partial charge in [0.1, 0.15) is 5.52 Å². The molecule has 0 spiro atoms. The summed E-state index contributed by atoms with van der Waals surface area (Å²) in [6.45, 7) is 1.08. The number of fused-ring (bicyclic) bond motifs is 1. The van der Waals surface area contributed by atoms with Gasteiger partial charge in [-0.2, -0.15) is 4.98 Å². The lowest BCUT2D eigenvalue weighted by atomic mass is 10.0. The number of benzene rings is 1. The zero-order valence-electron chi connectivity index (χ0n) is 9.19. The number of methoxy groups -OCH3 is 1. The summed E-state index contributed by atoms with van der Waals surface area (Å²) in [7, 11) is 1.57. The van der Waals surface area contributed by atoms with Gasteiger partial charge in [-0.05, 0) is 31.0 Å². The average molecular weight is 218 g/mol. The molecule has 1 aliphatic heterocycles. The van der Waals surface area contributed by atoms with Crippen molar-refractivity contribution in [3.8, 4) is 6.08 Å². The summed E-state index contributed by atoms with van der Waals surface area (Å²) in [5, 5.41) is 3.47. The summed E-state index contributed by atoms with van der Waals surface area (Å²) in [6.07, 6.45) is 2.71. The molecular formula is C12H14N2O2. The van der Waals surface area contributed by atoms with Gasteiger partial charge in [-0.1, -0.05) is 12.1 Å². The van der Waals surface area contributed by atoms with Crippen LogP contribution in [0, 0.1) is 0 Å². The molecule has 1 aliphatic rings. The first-order valence-corrected chi connectivity index (χ1v) is 5.55. The summed E-state index contributed by atoms with van der Waals surface area (Å²) in [5.41, 5.74) is 2.92. The van der Waals surface area contributed by atoms with E-state index in [2.05, 4.69) is 16.4 Å². The minimum atomic E-state index is 0.334. The predicted octanol–water partition coefficient (Wildman–Crippen LogP) is 2.26. The quantitative estimate of drug-likeness (QED) is 0.839. The van der Waals surface area contributed by atoms with Crippen LogP contribution in [0.4, 0.5) is 0 Å². The van der Waals surface area contributed by atoms with Crippen LogP contribution < -0.4 is 10.1 Å². The number of oxazole rings is 1. The molecule has 0 saturated carbocycles. The van der Waals surface area contributed by atoms with Gasteiger partial charge in [0.2, 0.25) is 0 Å². The van der Waals surface area contributed by atoms with E-state index in [1.807, 2.05) is 12.1 Å². The molecule has 0 aliphatic carbocycles. The van der Waals surface area contributed by atoms with Gasteiger partial charge in [-0.3, -0.25) is 0 Å². The van der Waals surface area contributed by atoms with Gasteiger partial charge in [0.25, 0.3) is 0 Å². The van der Waals surface area contributed by atoms with Crippen LogP contribution in [-0.2, 0) is 0 Å². The van der Waals surface area contributed by atoms with Gasteiger partial charge in [-0.25, -0.2) is 0 Å². The van der Waals surface area contributed by atoms with Crippen LogP contribution in [0.2, 0.25) is 0 Å². The molecule has 1 unspecified atom stereocenters. The summed E-state index contributed by atoms with van der Waals surface area (Å²) >= 11 is 0. The molecule has 2 heterocycles. The van der Waals surface area contributed by atoms with E-state index in [0.29, 0.717) is 12.1 Å². The first-order valence-electron chi connectivity index (χ1n) is 5.55. The molecule has 1 saturated heterocycles. The lowest BCUT2D eigenvalue weighted by Gasteiger charge is -2.09. The highest BCUT2D eigenvalue weighted by atomic mass is 16.6. The first kappa shape index (κ1) is 9.66. The van der Waals surface area contributed by atoms with Crippen molar-refractivity contribution >= 4 is 11.1 Å². The van der Waals surface area contributed by atoms with Gasteiger partial charge in [0.05, 0.1) is 7.11 Å². The molecule has 0 radical (unpaired) electrons. The molecule has 1 atom stereocenters. The van der Waals surface area contributed by atoms with E-state index in [-0.39, 0.29) is 0 Å². The second-order valence-electron chi connectivity index (χ2n) is 4.03. The minimum Gasteiger partial charge on any atom is -0.453 e. The number of ether oxygens (including phenoxy) is 1. The smallest absolute Gasteiger partial charge is 0.394 e. The van der Waals surface area contributed by atoms with Crippen LogP contribution in [0.1, 0.15) is 24.4 Å². The average Bonchev–Trinajstić information content (AvgIpc) is 2.97. The number of para-hydroxylation sites is 1. The summed E-state index contributed by atoms with van der Waals surface area (Å²) in [5.74, 6) is 0. The predicted molar refractivity (Wildman–Crippen MR) is 60.5 cm³/mol. The summed E-state index contributed by atoms with van der Waals surface area (Å²) in [4.78, 5) is 4.35. The van der Waals surface area contributed by atoms with Crippen molar-refractivity contribution in [1.82, 2.24) is 10.3 Å². The maximum absolute atomic E-state index is 5.46. The van der Waals surface area contributed by atoms with Gasteiger partial charge in [0.15, 0.2) is 5.58 Å². The van der Waals surface area contributed by atoms with Crippen LogP contribution in [0.3, 0.4) is 0 Å². The van der Waals surface area contributed by atoms with E-state index in [9.17, 15) is 0 Å². The Morgan fingerprint density at radius 2 is 2.44 bits per heavy atom. The molecule has 4 nitrogen and oxygen atoms in total. The molecule has 1 N–H and O–H groups in total. The lowest BCUT2D eigenvalue weighted by Crippen LogP contribution is -2.13. The Morgan fingerprint density at radius 1 is 1.50 bits per heavy atom. The molecule has 16 heavy (non-hydrogen) atoms. The Hall–Kier alpha value is -1.55. The van der Waals surface area contributed by atoms with Crippen molar-refractivity contribution in [3.05, 3.63) is 23.8 Å². The van der Waals surface area contributed by atoms with Gasteiger partial charge in [-0.15, -0.1) is 0 Å². The second-order valence-corrected chi connectivity index (χ2v) is 4.03. The summed E-state index contributed by atoms with van der Waals surface area (Å²) < 4.78 is 10.5. The molecule has 1 aromatic heterocycles. The Bertz CT molecular complexity index is 501. The molecule has 2 aromatic rings. The fourth-order valence-electron chi connectivity index (χ4n) is 2.27. The molecular weight excluding hydrogens is 204 g/mol. The lowest BCUT2D eigenvalue weighted by molar-refractivity contribution is 0.299. The van der Waals surface area contributed by atoms with Gasteiger partial charge < -0.3 is 14.5 Å². The highest BCUT2D eigenvalue weighted by Gasteiger charge is 2.20. The van der Waals surface area contributed by atoms with Crippen molar-refractivity contribution in [2.24, 2.45) is 0 Å². The Morgan fingerprint density at radius 3 is 3.19 bits per heavy atom. The Labute approximate surface area is 93.6 Å². The molecule has 1 fully saturated rings. The third-order valence-electron chi connectivity index (χ3n) is 3.04. The molecule has 84 valence electrons. The van der Waals surface area contributed by atoms with Crippen molar-refractivity contribution in [1.29, 1.82) is 0 Å². The fraction of sp³-hybridized carbons (Fsp3) is 0.417. The minimum absolute atomic E-state index is 0.334. The largest absolute Gasteiger partial charge is 0.453 e. The number of rotatable bonds is 2. The van der Waals surface area contributed by atoms with Crippen LogP contribution >= 0.6 is 0 Å². The zero-order valence-corrected chi connectivity index (χ0v) is 9.19. The maximum atomic E-state index is 5.46. The van der Waals surface area contributed by atoms with E-state index >= 15 is 0 Å². The summed E-state index contributed by atoms with van der Waals surface area (Å²) in [6, 6.07) is 6.43. The van der Waals surface area contributed by atoms with Crippen LogP contribution in [0.5, 0.6) is 6.08 Å². The van der Waals surface area contributed by atoms with Gasteiger partial charge in [0, 0.05) is 6.04 Å². The van der Waals surface area contributed by atoms with Crippen LogP contribution in [-0.4, -0.2) is 18.6 Å². The number of hydrogen-bond donors (Lipinski definition) is 1. The van der Waals surface area contributed by atoms with Crippen molar-refractivity contribution in [2.45, 2.75) is 18.9 Å². The monoisotopic (exact) mass is 218 g/mol. The highest BCUT2D eigenvalue weighted by molar-refractivity contribution is 5.77. The highest BCUT2D eigenvalue weighted by Crippen LogP contribution is 2.31. The zero-order chi connectivity index (χ0) is 11.0. The van der Waals surface area contributed by atoms with E-state index < -0.39 is 0 Å². The fourth-order valence-corrected chi connectivity index (χ4v) is 2.27. The van der Waals surface area contributed by atoms with E-state index in [0.717, 1.165) is 24.1 Å². The van der Waals surface area contributed by atoms with Crippen molar-refractivity contribution in [2.75, 3.05) is 13.7 Å². The molecule has 0 bridgehead atoms. The topological polar surface area (TPSA) is 47.3 Å². The SMILES string of the molecule is COc1nc2c(C3CCCN3)cccc2o1. The normalized spacial score (nSPS) is 20.4. The number of nitrogens with zero attached hydrogens (tertiary/aromatic N) is 1. The van der Waals surface area contributed by atoms with Gasteiger partial charge >= 0.3 is 6.08 Å². The molecule has 4 heteroatoms. The second kappa shape index (κ2) is 3.79. The third kappa shape index (κ3) is 1.46. The molecule has 3 rings (SSSR count). The molecule has 1 aromatic carbocycles. The van der Waals surface area contributed by atoms with E-state index in [4.69, 9.17) is 9.15 Å². The first-order chi connectivity index (χ1) is 7.88. The van der Waals surface area contributed by atoms with E-state index in [1.165, 1.54) is 12.0 Å². The van der Waals surface area contributed by atoms with Crippen LogP contribution in [0.25, 0.3) is 11.1 Å². The number of hydrogen-bond acceptors (Lipinski definition) is 4. The standard InChI is InChI=1S/C12H14N2O2/c1-15-12-14-11-8(9-5-3-7-13-9)4-2-6-10(11)16-12/h2,4,6,9,13H,3,5,7H2,1H3. The van der Waals surface area contributed by atoms with Crippen LogP contribution in [0.15, 0.2) is 22.6 Å². The third-order valence-corrected chi connectivity index (χ3v) is 3.04. The maximum Gasteiger partial charge on any atom is 0.394 e. The molecule has 0 amide bonds.